The van der Waals surface area contributed by atoms with E-state index >= 15 is 0 Å². The van der Waals surface area contributed by atoms with E-state index in [0.717, 1.165) is 6.07 Å². The van der Waals surface area contributed by atoms with E-state index in [4.69, 9.17) is 22.5 Å². The summed E-state index contributed by atoms with van der Waals surface area (Å²) in [5, 5.41) is 11.5. The van der Waals surface area contributed by atoms with Crippen molar-refractivity contribution in [1.82, 2.24) is 14.5 Å². The summed E-state index contributed by atoms with van der Waals surface area (Å²) in [4.78, 5) is 7.66. The number of nitrogens with zero attached hydrogens (tertiary/aromatic N) is 4. The van der Waals surface area contributed by atoms with Crippen molar-refractivity contribution in [3.05, 3.63) is 41.3 Å². The third-order valence-electron chi connectivity index (χ3n) is 1.99. The van der Waals surface area contributed by atoms with Gasteiger partial charge in [0.15, 0.2) is 17.5 Å². The van der Waals surface area contributed by atoms with Crippen LogP contribution in [-0.4, -0.2) is 25.6 Å². The van der Waals surface area contributed by atoms with Crippen molar-refractivity contribution < 1.29 is 9.60 Å². The van der Waals surface area contributed by atoms with Gasteiger partial charge in [-0.25, -0.2) is 14.4 Å². The van der Waals surface area contributed by atoms with Crippen molar-refractivity contribution in [2.24, 2.45) is 10.9 Å². The third kappa shape index (κ3) is 2.04. The van der Waals surface area contributed by atoms with E-state index < -0.39 is 5.82 Å². The average molecular weight is 256 g/mol. The van der Waals surface area contributed by atoms with Gasteiger partial charge < -0.3 is 10.9 Å². The molecule has 0 aromatic carbocycles. The fraction of sp³-hybridized carbons (Fsp3) is 0. The Balaban J connectivity index is 2.58. The topological polar surface area (TPSA) is 89.3 Å². The molecule has 3 N–H and O–H groups in total. The van der Waals surface area contributed by atoms with Crippen molar-refractivity contribution in [3.8, 4) is 5.82 Å². The van der Waals surface area contributed by atoms with E-state index in [9.17, 15) is 4.39 Å². The van der Waals surface area contributed by atoms with Crippen LogP contribution < -0.4 is 5.73 Å². The highest BCUT2D eigenvalue weighted by Crippen LogP contribution is 2.16. The molecule has 0 unspecified atom stereocenters. The number of hydrogen-bond acceptors (Lipinski definition) is 4. The SMILES string of the molecule is NC(=NO)c1nccn1-c1ncc(Cl)cc1F. The molecule has 0 saturated carbocycles. The third-order valence-corrected chi connectivity index (χ3v) is 2.20. The fourth-order valence-corrected chi connectivity index (χ4v) is 1.44. The van der Waals surface area contributed by atoms with Crippen molar-refractivity contribution >= 4 is 17.4 Å². The number of halogens is 2. The van der Waals surface area contributed by atoms with Gasteiger partial charge in [-0.1, -0.05) is 16.8 Å². The van der Waals surface area contributed by atoms with E-state index in [0.29, 0.717) is 0 Å². The number of nitrogens with two attached hydrogens (primary N) is 1. The summed E-state index contributed by atoms with van der Waals surface area (Å²) in [5.41, 5.74) is 5.40. The van der Waals surface area contributed by atoms with Crippen molar-refractivity contribution in [3.63, 3.8) is 0 Å². The van der Waals surface area contributed by atoms with Gasteiger partial charge in [-0.3, -0.25) is 4.57 Å². The molecule has 0 aliphatic rings. The Hall–Kier alpha value is -2.15. The predicted octanol–water partition coefficient (Wildman–Crippen LogP) is 1.15. The summed E-state index contributed by atoms with van der Waals surface area (Å²) in [7, 11) is 0. The van der Waals surface area contributed by atoms with Crippen LogP contribution in [0, 0.1) is 5.82 Å². The lowest BCUT2D eigenvalue weighted by Gasteiger charge is -2.06. The smallest absolute Gasteiger partial charge is 0.206 e. The summed E-state index contributed by atoms with van der Waals surface area (Å²) in [6, 6.07) is 1.11. The summed E-state index contributed by atoms with van der Waals surface area (Å²) in [6.07, 6.45) is 4.10. The molecule has 0 aliphatic carbocycles. The quantitative estimate of drug-likeness (QED) is 0.365. The molecule has 0 saturated heterocycles. The Morgan fingerprint density at radius 1 is 1.53 bits per heavy atom. The maximum absolute atomic E-state index is 13.6. The lowest BCUT2D eigenvalue weighted by Crippen LogP contribution is -2.19. The van der Waals surface area contributed by atoms with Gasteiger partial charge in [0, 0.05) is 18.6 Å². The number of oxime groups is 1. The zero-order chi connectivity index (χ0) is 12.4. The lowest BCUT2D eigenvalue weighted by molar-refractivity contribution is 0.318. The number of hydrogen-bond donors (Lipinski definition) is 2. The van der Waals surface area contributed by atoms with Crippen LogP contribution in [-0.2, 0) is 0 Å². The normalized spacial score (nSPS) is 11.8. The molecule has 0 spiro atoms. The zero-order valence-electron chi connectivity index (χ0n) is 8.38. The van der Waals surface area contributed by atoms with Crippen LogP contribution in [0.5, 0.6) is 0 Å². The molecular weight excluding hydrogens is 249 g/mol. The van der Waals surface area contributed by atoms with E-state index in [2.05, 4.69) is 15.1 Å². The molecule has 0 aliphatic heterocycles. The number of amidine groups is 1. The Bertz CT molecular complexity index is 583. The summed E-state index contributed by atoms with van der Waals surface area (Å²) >= 11 is 5.59. The highest BCUT2D eigenvalue weighted by Gasteiger charge is 2.14. The number of pyridine rings is 1. The van der Waals surface area contributed by atoms with E-state index in [1.807, 2.05) is 0 Å². The highest BCUT2D eigenvalue weighted by atomic mass is 35.5. The van der Waals surface area contributed by atoms with Crippen LogP contribution in [0.2, 0.25) is 5.02 Å². The van der Waals surface area contributed by atoms with E-state index in [1.54, 1.807) is 0 Å². The Kier molecular flexibility index (Phi) is 2.92. The second-order valence-corrected chi connectivity index (χ2v) is 3.50. The molecule has 0 fully saturated rings. The van der Waals surface area contributed by atoms with Crippen LogP contribution >= 0.6 is 11.6 Å². The molecule has 88 valence electrons. The van der Waals surface area contributed by atoms with Gasteiger partial charge in [0.05, 0.1) is 5.02 Å². The summed E-state index contributed by atoms with van der Waals surface area (Å²) in [6.45, 7) is 0. The molecule has 2 heterocycles. The minimum Gasteiger partial charge on any atom is -0.409 e. The minimum atomic E-state index is -0.637. The van der Waals surface area contributed by atoms with Crippen molar-refractivity contribution in [2.45, 2.75) is 0 Å². The van der Waals surface area contributed by atoms with Gasteiger partial charge in [0.2, 0.25) is 5.84 Å². The van der Waals surface area contributed by atoms with Gasteiger partial charge in [0.1, 0.15) is 0 Å². The second kappa shape index (κ2) is 4.38. The lowest BCUT2D eigenvalue weighted by atomic mass is 10.4. The molecular formula is C9H7ClFN5O. The van der Waals surface area contributed by atoms with Gasteiger partial charge in [-0.15, -0.1) is 0 Å². The van der Waals surface area contributed by atoms with Crippen LogP contribution in [0.25, 0.3) is 5.82 Å². The Morgan fingerprint density at radius 2 is 2.29 bits per heavy atom. The maximum Gasteiger partial charge on any atom is 0.206 e. The zero-order valence-corrected chi connectivity index (χ0v) is 9.13. The Labute approximate surface area is 100 Å². The Morgan fingerprint density at radius 3 is 2.94 bits per heavy atom. The van der Waals surface area contributed by atoms with Gasteiger partial charge in [0.25, 0.3) is 0 Å². The van der Waals surface area contributed by atoms with Crippen LogP contribution in [0.15, 0.2) is 29.8 Å². The predicted molar refractivity (Wildman–Crippen MR) is 58.8 cm³/mol. The molecule has 0 bridgehead atoms. The van der Waals surface area contributed by atoms with Crippen molar-refractivity contribution in [1.29, 1.82) is 0 Å². The number of aromatic nitrogens is 3. The molecule has 8 heteroatoms. The molecule has 2 aromatic rings. The molecule has 6 nitrogen and oxygen atoms in total. The first-order chi connectivity index (χ1) is 8.13. The molecule has 2 rings (SSSR count). The monoisotopic (exact) mass is 255 g/mol. The summed E-state index contributed by atoms with van der Waals surface area (Å²) in [5.74, 6) is -0.830. The molecule has 0 atom stereocenters. The van der Waals surface area contributed by atoms with E-state index in [1.165, 1.54) is 23.2 Å². The first-order valence-electron chi connectivity index (χ1n) is 4.46. The van der Waals surface area contributed by atoms with Crippen LogP contribution in [0.1, 0.15) is 5.82 Å². The highest BCUT2D eigenvalue weighted by molar-refractivity contribution is 6.30. The van der Waals surface area contributed by atoms with E-state index in [-0.39, 0.29) is 22.5 Å². The minimum absolute atomic E-state index is 0.0338. The standard InChI is InChI=1S/C9H7ClFN5O/c10-5-3-6(11)8(14-4-5)16-2-1-13-9(16)7(12)15-17/h1-4,17H,(H2,12,15). The maximum atomic E-state index is 13.6. The van der Waals surface area contributed by atoms with Gasteiger partial charge in [-0.2, -0.15) is 0 Å². The van der Waals surface area contributed by atoms with Gasteiger partial charge >= 0.3 is 0 Å². The van der Waals surface area contributed by atoms with Gasteiger partial charge in [-0.05, 0) is 6.07 Å². The molecule has 2 aromatic heterocycles. The van der Waals surface area contributed by atoms with Crippen molar-refractivity contribution in [2.75, 3.05) is 0 Å². The largest absolute Gasteiger partial charge is 0.409 e. The number of imidazole rings is 1. The molecule has 17 heavy (non-hydrogen) atoms. The summed E-state index contributed by atoms with van der Waals surface area (Å²) < 4.78 is 14.9. The molecule has 0 amide bonds. The fourth-order valence-electron chi connectivity index (χ4n) is 1.29. The average Bonchev–Trinajstić information content (AvgIpc) is 2.77. The second-order valence-electron chi connectivity index (χ2n) is 3.07. The van der Waals surface area contributed by atoms with Crippen LogP contribution in [0.4, 0.5) is 4.39 Å². The van der Waals surface area contributed by atoms with Crippen LogP contribution in [0.3, 0.4) is 0 Å². The number of rotatable bonds is 2. The molecule has 0 radical (unpaired) electrons. The first kappa shape index (κ1) is 11.3. The first-order valence-corrected chi connectivity index (χ1v) is 4.84.